The van der Waals surface area contributed by atoms with E-state index >= 15 is 4.39 Å². The Balaban J connectivity index is 1.70. The second-order valence-electron chi connectivity index (χ2n) is 11.1. The number of rotatable bonds is 8. The number of hydrogen-bond donors (Lipinski definition) is 0. The first-order chi connectivity index (χ1) is 18.0. The third-order valence-electron chi connectivity index (χ3n) is 6.78. The summed E-state index contributed by atoms with van der Waals surface area (Å²) in [5.41, 5.74) is 3.63. The number of imidazole rings is 1. The van der Waals surface area contributed by atoms with Gasteiger partial charge in [0, 0.05) is 50.7 Å². The Kier molecular flexibility index (Phi) is 7.04. The molecular weight excluding hydrogens is 507 g/mol. The molecule has 4 aromatic rings. The van der Waals surface area contributed by atoms with E-state index in [2.05, 4.69) is 29.6 Å². The van der Waals surface area contributed by atoms with Crippen molar-refractivity contribution in [3.8, 4) is 22.5 Å². The van der Waals surface area contributed by atoms with Crippen LogP contribution in [0.1, 0.15) is 12.1 Å². The zero-order chi connectivity index (χ0) is 27.1. The van der Waals surface area contributed by atoms with Gasteiger partial charge in [-0.1, -0.05) is 37.8 Å². The van der Waals surface area contributed by atoms with Crippen LogP contribution in [0.2, 0.25) is 25.7 Å². The van der Waals surface area contributed by atoms with Crippen molar-refractivity contribution in [2.75, 3.05) is 24.6 Å². The summed E-state index contributed by atoms with van der Waals surface area (Å²) in [6.07, 6.45) is 3.02. The van der Waals surface area contributed by atoms with Crippen molar-refractivity contribution >= 4 is 24.9 Å². The van der Waals surface area contributed by atoms with Crippen LogP contribution in [0.4, 0.5) is 19.0 Å². The Hall–Kier alpha value is -3.24. The van der Waals surface area contributed by atoms with Gasteiger partial charge in [-0.25, -0.2) is 23.1 Å². The van der Waals surface area contributed by atoms with Gasteiger partial charge in [0.25, 0.3) is 5.92 Å². The molecule has 3 aromatic heterocycles. The first kappa shape index (κ1) is 26.4. The number of ether oxygens (including phenoxy) is 1. The summed E-state index contributed by atoms with van der Waals surface area (Å²) in [7, 11) is -1.31. The van der Waals surface area contributed by atoms with Crippen LogP contribution >= 0.6 is 0 Å². The van der Waals surface area contributed by atoms with Gasteiger partial charge in [-0.05, 0) is 31.2 Å². The van der Waals surface area contributed by atoms with Gasteiger partial charge < -0.3 is 9.64 Å². The third kappa shape index (κ3) is 5.46. The number of alkyl halides is 2. The smallest absolute Gasteiger partial charge is 0.266 e. The minimum atomic E-state index is -2.83. The SMILES string of the molecule is Cc1cc2nc(-c3c(-c4ccccc4F)ccnc3N3CCC(F)(F)C3)n(COCC[Si](C)(C)C)c2cn1. The molecule has 0 N–H and O–H groups in total. The molecule has 0 spiro atoms. The molecule has 1 aliphatic heterocycles. The van der Waals surface area contributed by atoms with Gasteiger partial charge in [0.2, 0.25) is 0 Å². The molecule has 1 aromatic carbocycles. The monoisotopic (exact) mass is 539 g/mol. The van der Waals surface area contributed by atoms with Gasteiger partial charge in [0.05, 0.1) is 29.3 Å². The molecule has 0 atom stereocenters. The van der Waals surface area contributed by atoms with Crippen LogP contribution in [0.5, 0.6) is 0 Å². The van der Waals surface area contributed by atoms with Crippen molar-refractivity contribution in [1.29, 1.82) is 0 Å². The fourth-order valence-electron chi connectivity index (χ4n) is 4.71. The fourth-order valence-corrected chi connectivity index (χ4v) is 5.47. The van der Waals surface area contributed by atoms with Crippen LogP contribution < -0.4 is 4.90 Å². The van der Waals surface area contributed by atoms with Crippen LogP contribution in [0.3, 0.4) is 0 Å². The molecule has 1 saturated heterocycles. The number of pyridine rings is 2. The highest BCUT2D eigenvalue weighted by atomic mass is 28.3. The molecule has 1 fully saturated rings. The highest BCUT2D eigenvalue weighted by molar-refractivity contribution is 6.76. The molecule has 1 aliphatic rings. The Morgan fingerprint density at radius 2 is 1.87 bits per heavy atom. The number of fused-ring (bicyclic) bond motifs is 1. The average molecular weight is 540 g/mol. The third-order valence-corrected chi connectivity index (χ3v) is 8.48. The largest absolute Gasteiger partial charge is 0.361 e. The van der Waals surface area contributed by atoms with Crippen molar-refractivity contribution in [2.45, 2.75) is 51.7 Å². The quantitative estimate of drug-likeness (QED) is 0.183. The van der Waals surface area contributed by atoms with Gasteiger partial charge in [-0.3, -0.25) is 9.55 Å². The lowest BCUT2D eigenvalue weighted by Gasteiger charge is -2.23. The van der Waals surface area contributed by atoms with Crippen molar-refractivity contribution in [3.05, 3.63) is 60.3 Å². The van der Waals surface area contributed by atoms with Gasteiger partial charge in [-0.2, -0.15) is 0 Å². The van der Waals surface area contributed by atoms with Gasteiger partial charge in [-0.15, -0.1) is 0 Å². The topological polar surface area (TPSA) is 56.1 Å². The molecule has 6 nitrogen and oxygen atoms in total. The van der Waals surface area contributed by atoms with E-state index in [0.717, 1.165) is 17.3 Å². The van der Waals surface area contributed by atoms with Gasteiger partial charge in [0.15, 0.2) is 0 Å². The Morgan fingerprint density at radius 3 is 2.58 bits per heavy atom. The summed E-state index contributed by atoms with van der Waals surface area (Å²) < 4.78 is 51.8. The lowest BCUT2D eigenvalue weighted by Crippen LogP contribution is -2.26. The minimum absolute atomic E-state index is 0.140. The first-order valence-electron chi connectivity index (χ1n) is 12.8. The lowest BCUT2D eigenvalue weighted by molar-refractivity contribution is 0.0256. The van der Waals surface area contributed by atoms with Crippen molar-refractivity contribution < 1.29 is 17.9 Å². The molecule has 0 amide bonds. The van der Waals surface area contributed by atoms with Crippen LogP contribution in [0.25, 0.3) is 33.5 Å². The summed E-state index contributed by atoms with van der Waals surface area (Å²) in [5, 5.41) is 0. The van der Waals surface area contributed by atoms with E-state index in [0.29, 0.717) is 40.5 Å². The lowest BCUT2D eigenvalue weighted by atomic mass is 9.99. The van der Waals surface area contributed by atoms with E-state index < -0.39 is 26.4 Å². The number of nitrogens with zero attached hydrogens (tertiary/aromatic N) is 5. The normalized spacial score (nSPS) is 15.5. The van der Waals surface area contributed by atoms with Crippen LogP contribution in [0.15, 0.2) is 48.8 Å². The Morgan fingerprint density at radius 1 is 1.08 bits per heavy atom. The van der Waals surface area contributed by atoms with Crippen LogP contribution in [-0.2, 0) is 11.5 Å². The summed E-state index contributed by atoms with van der Waals surface area (Å²) in [4.78, 5) is 15.5. The molecule has 200 valence electrons. The molecule has 0 aliphatic carbocycles. The van der Waals surface area contributed by atoms with E-state index in [1.54, 1.807) is 41.6 Å². The number of aromatic nitrogens is 4. The standard InChI is InChI=1S/C28H32F3N5OSi/c1-19-15-23-24(16-33-19)36(18-37-13-14-38(2,3)4)27(34-23)25-21(20-7-5-6-8-22(20)29)9-11-32-26(25)35-12-10-28(30,31)17-35/h5-9,11,15-16H,10,12-14,17-18H2,1-4H3. The summed E-state index contributed by atoms with van der Waals surface area (Å²) in [6.45, 7) is 9.22. The van der Waals surface area contributed by atoms with Crippen LogP contribution in [0, 0.1) is 12.7 Å². The number of benzene rings is 1. The van der Waals surface area contributed by atoms with Crippen molar-refractivity contribution in [3.63, 3.8) is 0 Å². The highest BCUT2D eigenvalue weighted by Crippen LogP contribution is 2.42. The second kappa shape index (κ2) is 10.1. The molecule has 38 heavy (non-hydrogen) atoms. The van der Waals surface area contributed by atoms with Crippen molar-refractivity contribution in [2.24, 2.45) is 0 Å². The predicted octanol–water partition coefficient (Wildman–Crippen LogP) is 6.77. The maximum absolute atomic E-state index is 15.1. The predicted molar refractivity (Wildman–Crippen MR) is 147 cm³/mol. The Labute approximate surface area is 221 Å². The number of aryl methyl sites for hydroxylation is 1. The fraction of sp³-hybridized carbons (Fsp3) is 0.393. The van der Waals surface area contributed by atoms with E-state index in [9.17, 15) is 8.78 Å². The molecular formula is C28H32F3N5OSi. The molecule has 0 saturated carbocycles. The molecule has 0 bridgehead atoms. The zero-order valence-corrected chi connectivity index (χ0v) is 23.1. The molecule has 5 rings (SSSR count). The first-order valence-corrected chi connectivity index (χ1v) is 16.5. The molecule has 4 heterocycles. The maximum atomic E-state index is 15.1. The van der Waals surface area contributed by atoms with E-state index in [1.165, 1.54) is 6.07 Å². The van der Waals surface area contributed by atoms with E-state index in [-0.39, 0.29) is 19.7 Å². The second-order valence-corrected chi connectivity index (χ2v) is 16.7. The molecule has 10 heteroatoms. The van der Waals surface area contributed by atoms with Gasteiger partial charge >= 0.3 is 0 Å². The number of anilines is 1. The highest BCUT2D eigenvalue weighted by Gasteiger charge is 2.40. The van der Waals surface area contributed by atoms with Gasteiger partial charge in [0.1, 0.15) is 24.2 Å². The van der Waals surface area contributed by atoms with Crippen LogP contribution in [-0.4, -0.2) is 53.2 Å². The van der Waals surface area contributed by atoms with Crippen molar-refractivity contribution in [1.82, 2.24) is 19.5 Å². The molecule has 0 unspecified atom stereocenters. The molecule has 0 radical (unpaired) electrons. The summed E-state index contributed by atoms with van der Waals surface area (Å²) in [5.74, 6) is -2.40. The summed E-state index contributed by atoms with van der Waals surface area (Å²) in [6, 6.07) is 11.0. The summed E-state index contributed by atoms with van der Waals surface area (Å²) >= 11 is 0. The number of hydrogen-bond acceptors (Lipinski definition) is 5. The van der Waals surface area contributed by atoms with E-state index in [1.807, 2.05) is 17.6 Å². The maximum Gasteiger partial charge on any atom is 0.266 e. The zero-order valence-electron chi connectivity index (χ0n) is 22.1. The number of halogens is 3. The minimum Gasteiger partial charge on any atom is -0.361 e. The average Bonchev–Trinajstić information content (AvgIpc) is 3.40. The van der Waals surface area contributed by atoms with E-state index in [4.69, 9.17) is 9.72 Å². The Bertz CT molecular complexity index is 1470.